The molecule has 6 nitrogen and oxygen atoms in total. The van der Waals surface area contributed by atoms with Crippen molar-refractivity contribution in [2.75, 3.05) is 0 Å². The Morgan fingerprint density at radius 3 is 2.44 bits per heavy atom. The molecule has 1 aromatic heterocycles. The van der Waals surface area contributed by atoms with Crippen molar-refractivity contribution in [1.29, 1.82) is 0 Å². The lowest BCUT2D eigenvalue weighted by atomic mass is 9.99. The maximum Gasteiger partial charge on any atom is 0.283 e. The number of fused-ring (bicyclic) bond motifs is 1. The highest BCUT2D eigenvalue weighted by Crippen LogP contribution is 2.34. The van der Waals surface area contributed by atoms with Crippen LogP contribution in [0.4, 0.5) is 13.2 Å². The summed E-state index contributed by atoms with van der Waals surface area (Å²) in [7, 11) is -4.42. The smallest absolute Gasteiger partial charge is 0.283 e. The fourth-order valence-corrected chi connectivity index (χ4v) is 5.01. The molecular weight excluding hydrogens is 467 g/mol. The van der Waals surface area contributed by atoms with E-state index in [1.54, 1.807) is 18.2 Å². The van der Waals surface area contributed by atoms with Crippen molar-refractivity contribution in [3.8, 4) is 11.3 Å². The van der Waals surface area contributed by atoms with Gasteiger partial charge in [-0.05, 0) is 61.7 Å². The minimum absolute atomic E-state index is 0.0709. The van der Waals surface area contributed by atoms with E-state index in [1.807, 2.05) is 0 Å². The predicted octanol–water partition coefficient (Wildman–Crippen LogP) is 4.56. The maximum absolute atomic E-state index is 14.8. The zero-order valence-corrected chi connectivity index (χ0v) is 18.7. The van der Waals surface area contributed by atoms with Crippen LogP contribution in [0.2, 0.25) is 0 Å². The van der Waals surface area contributed by atoms with Gasteiger partial charge in [0, 0.05) is 22.6 Å². The Labute approximate surface area is 193 Å². The molecule has 1 N–H and O–H groups in total. The largest absolute Gasteiger partial charge is 0.349 e. The van der Waals surface area contributed by atoms with Crippen LogP contribution in [0, 0.1) is 24.4 Å². The summed E-state index contributed by atoms with van der Waals surface area (Å²) in [6.07, 6.45) is 1.73. The molecule has 0 bridgehead atoms. The number of halogens is 3. The first kappa shape index (κ1) is 22.1. The lowest BCUT2D eigenvalue weighted by Crippen LogP contribution is -2.25. The highest BCUT2D eigenvalue weighted by molar-refractivity contribution is 7.90. The Morgan fingerprint density at radius 2 is 1.74 bits per heavy atom. The summed E-state index contributed by atoms with van der Waals surface area (Å²) in [5.74, 6) is -3.57. The van der Waals surface area contributed by atoms with E-state index < -0.39 is 38.3 Å². The molecule has 0 unspecified atom stereocenters. The van der Waals surface area contributed by atoms with Crippen LogP contribution >= 0.6 is 0 Å². The number of benzene rings is 3. The van der Waals surface area contributed by atoms with Gasteiger partial charge >= 0.3 is 0 Å². The number of nitrogens with one attached hydrogen (secondary N) is 1. The molecule has 1 saturated carbocycles. The molecule has 0 spiro atoms. The predicted molar refractivity (Wildman–Crippen MR) is 119 cm³/mol. The fraction of sp³-hybridized carbons (Fsp3) is 0.167. The third kappa shape index (κ3) is 3.73. The minimum atomic E-state index is -4.42. The lowest BCUT2D eigenvalue weighted by Gasteiger charge is -2.10. The topological polar surface area (TPSA) is 81.1 Å². The second kappa shape index (κ2) is 7.98. The molecule has 0 atom stereocenters. The molecule has 1 fully saturated rings. The average molecular weight is 485 g/mol. The highest BCUT2D eigenvalue weighted by Gasteiger charge is 2.27. The third-order valence-corrected chi connectivity index (χ3v) is 7.33. The van der Waals surface area contributed by atoms with Gasteiger partial charge in [0.15, 0.2) is 11.6 Å². The van der Waals surface area contributed by atoms with Crippen molar-refractivity contribution in [2.45, 2.75) is 30.7 Å². The lowest BCUT2D eigenvalue weighted by molar-refractivity contribution is 0.0950. The summed E-state index contributed by atoms with van der Waals surface area (Å²) in [6.45, 7) is 1.50. The number of hydrogen-bond donors (Lipinski definition) is 1. The zero-order valence-electron chi connectivity index (χ0n) is 17.8. The summed E-state index contributed by atoms with van der Waals surface area (Å²) in [5.41, 5.74) is 0.821. The second-order valence-electron chi connectivity index (χ2n) is 8.17. The van der Waals surface area contributed by atoms with E-state index in [4.69, 9.17) is 0 Å². The summed E-state index contributed by atoms with van der Waals surface area (Å²) in [4.78, 5) is 12.1. The molecule has 0 radical (unpaired) electrons. The molecule has 174 valence electrons. The summed E-state index contributed by atoms with van der Waals surface area (Å²) >= 11 is 0. The van der Waals surface area contributed by atoms with E-state index in [0.717, 1.165) is 31.0 Å². The van der Waals surface area contributed by atoms with Crippen molar-refractivity contribution in [2.24, 2.45) is 0 Å². The molecule has 5 rings (SSSR count). The van der Waals surface area contributed by atoms with Gasteiger partial charge in [0.1, 0.15) is 11.5 Å². The standard InChI is InChI=1S/C24H18F3N3O3S/c1-13-18(10-14(11-20(13)26)24(31)28-15-6-7-15)23-17-4-2-3-5-22(17)30(29-23)34(32,33)16-8-9-19(25)21(27)12-16/h2-5,8-12,15H,6-7H2,1H3,(H,28,31). The van der Waals surface area contributed by atoms with E-state index >= 15 is 0 Å². The first-order valence-corrected chi connectivity index (χ1v) is 11.9. The summed E-state index contributed by atoms with van der Waals surface area (Å²) in [6, 6.07) is 11.3. The number of carbonyl (C=O) groups is 1. The van der Waals surface area contributed by atoms with E-state index in [-0.39, 0.29) is 33.9 Å². The Morgan fingerprint density at radius 1 is 1.00 bits per heavy atom. The van der Waals surface area contributed by atoms with Crippen LogP contribution in [0.3, 0.4) is 0 Å². The van der Waals surface area contributed by atoms with E-state index in [0.29, 0.717) is 15.5 Å². The van der Waals surface area contributed by atoms with Gasteiger partial charge < -0.3 is 5.32 Å². The van der Waals surface area contributed by atoms with Gasteiger partial charge in [-0.25, -0.2) is 13.2 Å². The van der Waals surface area contributed by atoms with Crippen molar-refractivity contribution >= 4 is 26.8 Å². The quantitative estimate of drug-likeness (QED) is 0.450. The number of para-hydroxylation sites is 1. The fourth-order valence-electron chi connectivity index (χ4n) is 3.71. The van der Waals surface area contributed by atoms with Crippen LogP contribution in [0.25, 0.3) is 22.2 Å². The van der Waals surface area contributed by atoms with Crippen LogP contribution in [0.1, 0.15) is 28.8 Å². The Kier molecular flexibility index (Phi) is 5.20. The van der Waals surface area contributed by atoms with Crippen LogP contribution in [0.15, 0.2) is 59.5 Å². The number of hydrogen-bond acceptors (Lipinski definition) is 4. The molecule has 1 aliphatic rings. The van der Waals surface area contributed by atoms with Gasteiger partial charge in [-0.2, -0.15) is 17.6 Å². The Hall–Kier alpha value is -3.66. The van der Waals surface area contributed by atoms with Crippen LogP contribution in [0.5, 0.6) is 0 Å². The van der Waals surface area contributed by atoms with Crippen molar-refractivity contribution in [3.63, 3.8) is 0 Å². The van der Waals surface area contributed by atoms with Gasteiger partial charge in [0.05, 0.1) is 10.4 Å². The van der Waals surface area contributed by atoms with Crippen molar-refractivity contribution < 1.29 is 26.4 Å². The summed E-state index contributed by atoms with van der Waals surface area (Å²) < 4.78 is 69.2. The maximum atomic E-state index is 14.8. The molecular formula is C24H18F3N3O3S. The van der Waals surface area contributed by atoms with Gasteiger partial charge in [0.25, 0.3) is 15.9 Å². The molecule has 0 saturated heterocycles. The zero-order chi connectivity index (χ0) is 24.2. The highest BCUT2D eigenvalue weighted by atomic mass is 32.2. The van der Waals surface area contributed by atoms with Gasteiger partial charge in [-0.1, -0.05) is 18.2 Å². The Balaban J connectivity index is 1.70. The number of amides is 1. The molecule has 1 aliphatic carbocycles. The van der Waals surface area contributed by atoms with Gasteiger partial charge in [0.2, 0.25) is 0 Å². The SMILES string of the molecule is Cc1c(F)cc(C(=O)NC2CC2)cc1-c1nn(S(=O)(=O)c2ccc(F)c(F)c2)c2ccccc12. The number of nitrogens with zero attached hydrogens (tertiary/aromatic N) is 2. The molecule has 3 aromatic carbocycles. The molecule has 34 heavy (non-hydrogen) atoms. The van der Waals surface area contributed by atoms with Gasteiger partial charge in [-0.15, -0.1) is 0 Å². The molecule has 10 heteroatoms. The van der Waals surface area contributed by atoms with Crippen LogP contribution in [-0.2, 0) is 10.0 Å². The first-order valence-electron chi connectivity index (χ1n) is 10.5. The van der Waals surface area contributed by atoms with E-state index in [9.17, 15) is 26.4 Å². The van der Waals surface area contributed by atoms with Gasteiger partial charge in [-0.3, -0.25) is 4.79 Å². The molecule has 0 aliphatic heterocycles. The third-order valence-electron chi connectivity index (χ3n) is 5.75. The van der Waals surface area contributed by atoms with E-state index in [2.05, 4.69) is 10.4 Å². The number of carbonyl (C=O) groups excluding carboxylic acids is 1. The minimum Gasteiger partial charge on any atom is -0.349 e. The van der Waals surface area contributed by atoms with Crippen molar-refractivity contribution in [1.82, 2.24) is 14.5 Å². The normalized spacial score (nSPS) is 13.9. The van der Waals surface area contributed by atoms with Crippen molar-refractivity contribution in [3.05, 3.63) is 83.2 Å². The Bertz CT molecular complexity index is 1580. The van der Waals surface area contributed by atoms with Crippen LogP contribution < -0.4 is 5.32 Å². The van der Waals surface area contributed by atoms with E-state index in [1.165, 1.54) is 19.1 Å². The molecule has 4 aromatic rings. The second-order valence-corrected chi connectivity index (χ2v) is 9.94. The molecule has 1 amide bonds. The number of rotatable bonds is 5. The van der Waals surface area contributed by atoms with Crippen LogP contribution in [-0.4, -0.2) is 29.6 Å². The summed E-state index contributed by atoms with van der Waals surface area (Å²) in [5, 5.41) is 7.43. The number of aromatic nitrogens is 2. The average Bonchev–Trinajstić information content (AvgIpc) is 3.54. The monoisotopic (exact) mass is 485 g/mol. The first-order chi connectivity index (χ1) is 16.2. The molecule has 1 heterocycles.